The van der Waals surface area contributed by atoms with Crippen LogP contribution in [0.2, 0.25) is 0 Å². The van der Waals surface area contributed by atoms with Crippen LogP contribution in [-0.2, 0) is 4.79 Å². The van der Waals surface area contributed by atoms with Gasteiger partial charge in [0, 0.05) is 11.6 Å². The standard InChI is InChI=1S/C10H16N2O2S/c1-7(8-11-5-6-15-8)12(4)10(2,3)9(13)14/h5-7H,1-4H3,(H,13,14). The number of carboxylic acids is 1. The lowest BCUT2D eigenvalue weighted by molar-refractivity contribution is -0.149. The fourth-order valence-corrected chi connectivity index (χ4v) is 1.98. The molecule has 0 saturated heterocycles. The van der Waals surface area contributed by atoms with Crippen molar-refractivity contribution in [3.05, 3.63) is 16.6 Å². The first kappa shape index (κ1) is 12.1. The van der Waals surface area contributed by atoms with Crippen molar-refractivity contribution in [2.24, 2.45) is 0 Å². The topological polar surface area (TPSA) is 53.4 Å². The Balaban J connectivity index is 2.85. The van der Waals surface area contributed by atoms with Crippen LogP contribution in [0.3, 0.4) is 0 Å². The highest BCUT2D eigenvalue weighted by molar-refractivity contribution is 7.09. The Bertz CT molecular complexity index is 335. The van der Waals surface area contributed by atoms with Gasteiger partial charge in [-0.2, -0.15) is 0 Å². The average molecular weight is 228 g/mol. The van der Waals surface area contributed by atoms with Crippen LogP contribution in [0.15, 0.2) is 11.6 Å². The summed E-state index contributed by atoms with van der Waals surface area (Å²) in [6, 6.07) is 0.0103. The van der Waals surface area contributed by atoms with Gasteiger partial charge in [0.1, 0.15) is 10.5 Å². The van der Waals surface area contributed by atoms with Crippen LogP contribution < -0.4 is 0 Å². The Morgan fingerprint density at radius 3 is 2.67 bits per heavy atom. The molecule has 0 saturated carbocycles. The molecular weight excluding hydrogens is 212 g/mol. The summed E-state index contributed by atoms with van der Waals surface area (Å²) >= 11 is 1.54. The van der Waals surface area contributed by atoms with Crippen molar-refractivity contribution in [1.82, 2.24) is 9.88 Å². The molecule has 0 spiro atoms. The lowest BCUT2D eigenvalue weighted by Gasteiger charge is -2.35. The highest BCUT2D eigenvalue weighted by atomic mass is 32.1. The number of nitrogens with zero attached hydrogens (tertiary/aromatic N) is 2. The maximum atomic E-state index is 11.1. The fourth-order valence-electron chi connectivity index (χ4n) is 1.24. The summed E-state index contributed by atoms with van der Waals surface area (Å²) in [5, 5.41) is 11.9. The Labute approximate surface area is 93.6 Å². The second-order valence-corrected chi connectivity index (χ2v) is 4.95. The van der Waals surface area contributed by atoms with Crippen LogP contribution in [0.5, 0.6) is 0 Å². The van der Waals surface area contributed by atoms with Crippen LogP contribution in [0.4, 0.5) is 0 Å². The van der Waals surface area contributed by atoms with Gasteiger partial charge in [-0.1, -0.05) is 0 Å². The lowest BCUT2D eigenvalue weighted by Crippen LogP contribution is -2.48. The molecule has 1 aromatic heterocycles. The largest absolute Gasteiger partial charge is 0.480 e. The van der Waals surface area contributed by atoms with E-state index >= 15 is 0 Å². The SMILES string of the molecule is CC(c1nccs1)N(C)C(C)(C)C(=O)O. The van der Waals surface area contributed by atoms with Crippen molar-refractivity contribution < 1.29 is 9.90 Å². The second-order valence-electron chi connectivity index (χ2n) is 4.02. The van der Waals surface area contributed by atoms with Crippen LogP contribution in [0.1, 0.15) is 31.8 Å². The third-order valence-corrected chi connectivity index (χ3v) is 3.74. The number of likely N-dealkylation sites (N-methyl/N-ethyl adjacent to an activating group) is 1. The molecule has 0 aliphatic rings. The van der Waals surface area contributed by atoms with E-state index in [1.807, 2.05) is 17.2 Å². The van der Waals surface area contributed by atoms with E-state index in [1.165, 1.54) is 0 Å². The van der Waals surface area contributed by atoms with Gasteiger partial charge in [-0.05, 0) is 27.8 Å². The van der Waals surface area contributed by atoms with Gasteiger partial charge in [0.2, 0.25) is 0 Å². The molecule has 1 N–H and O–H groups in total. The molecule has 1 heterocycles. The zero-order valence-corrected chi connectivity index (χ0v) is 10.2. The molecule has 0 radical (unpaired) electrons. The van der Waals surface area contributed by atoms with Crippen LogP contribution in [0.25, 0.3) is 0 Å². The van der Waals surface area contributed by atoms with Gasteiger partial charge in [-0.15, -0.1) is 11.3 Å². The van der Waals surface area contributed by atoms with Gasteiger partial charge < -0.3 is 5.11 Å². The first-order valence-electron chi connectivity index (χ1n) is 4.73. The van der Waals surface area contributed by atoms with Crippen LogP contribution >= 0.6 is 11.3 Å². The molecule has 1 unspecified atom stereocenters. The molecule has 84 valence electrons. The number of carboxylic acid groups (broad SMARTS) is 1. The smallest absolute Gasteiger partial charge is 0.323 e. The summed E-state index contributed by atoms with van der Waals surface area (Å²) in [6.45, 7) is 5.35. The first-order valence-corrected chi connectivity index (χ1v) is 5.61. The second kappa shape index (κ2) is 4.28. The monoisotopic (exact) mass is 228 g/mol. The molecule has 1 rings (SSSR count). The predicted molar refractivity (Wildman–Crippen MR) is 60.0 cm³/mol. The molecule has 0 fully saturated rings. The maximum Gasteiger partial charge on any atom is 0.323 e. The van der Waals surface area contributed by atoms with E-state index < -0.39 is 11.5 Å². The fraction of sp³-hybridized carbons (Fsp3) is 0.600. The predicted octanol–water partition coefficient (Wildman–Crippen LogP) is 2.00. The minimum atomic E-state index is -0.884. The third-order valence-electron chi connectivity index (χ3n) is 2.79. The lowest BCUT2D eigenvalue weighted by atomic mass is 10.0. The van der Waals surface area contributed by atoms with E-state index in [4.69, 9.17) is 5.11 Å². The summed E-state index contributed by atoms with van der Waals surface area (Å²) in [4.78, 5) is 17.1. The van der Waals surface area contributed by atoms with Crippen molar-refractivity contribution in [2.75, 3.05) is 7.05 Å². The van der Waals surface area contributed by atoms with E-state index in [2.05, 4.69) is 4.98 Å². The van der Waals surface area contributed by atoms with Crippen molar-refractivity contribution in [2.45, 2.75) is 32.4 Å². The van der Waals surface area contributed by atoms with E-state index in [9.17, 15) is 4.79 Å². The quantitative estimate of drug-likeness (QED) is 0.856. The molecule has 0 amide bonds. The van der Waals surface area contributed by atoms with Crippen LogP contribution in [-0.4, -0.2) is 33.5 Å². The van der Waals surface area contributed by atoms with Crippen molar-refractivity contribution in [1.29, 1.82) is 0 Å². The molecule has 0 aliphatic carbocycles. The Kier molecular flexibility index (Phi) is 3.46. The minimum absolute atomic E-state index is 0.0103. The molecule has 1 aromatic rings. The molecule has 5 heteroatoms. The Morgan fingerprint density at radius 2 is 2.27 bits per heavy atom. The van der Waals surface area contributed by atoms with Gasteiger partial charge in [-0.25, -0.2) is 4.98 Å². The minimum Gasteiger partial charge on any atom is -0.480 e. The number of aliphatic carboxylic acids is 1. The van der Waals surface area contributed by atoms with E-state index in [-0.39, 0.29) is 6.04 Å². The number of rotatable bonds is 4. The molecule has 0 aromatic carbocycles. The zero-order chi connectivity index (χ0) is 11.6. The number of thiazole rings is 1. The van der Waals surface area contributed by atoms with Crippen LogP contribution in [0, 0.1) is 0 Å². The number of hydrogen-bond acceptors (Lipinski definition) is 4. The van der Waals surface area contributed by atoms with Gasteiger partial charge in [0.15, 0.2) is 0 Å². The summed E-state index contributed by atoms with van der Waals surface area (Å²) in [5.41, 5.74) is -0.884. The number of aromatic nitrogens is 1. The number of hydrogen-bond donors (Lipinski definition) is 1. The summed E-state index contributed by atoms with van der Waals surface area (Å²) in [5.74, 6) is -0.826. The maximum absolute atomic E-state index is 11.1. The molecule has 15 heavy (non-hydrogen) atoms. The normalized spacial score (nSPS) is 14.2. The van der Waals surface area contributed by atoms with Gasteiger partial charge in [-0.3, -0.25) is 9.69 Å². The van der Waals surface area contributed by atoms with Gasteiger partial charge >= 0.3 is 5.97 Å². The Hall–Kier alpha value is -0.940. The average Bonchev–Trinajstić information content (AvgIpc) is 2.67. The first-order chi connectivity index (χ1) is 6.87. The highest BCUT2D eigenvalue weighted by Gasteiger charge is 2.35. The molecule has 4 nitrogen and oxygen atoms in total. The van der Waals surface area contributed by atoms with Crippen molar-refractivity contribution in [3.63, 3.8) is 0 Å². The summed E-state index contributed by atoms with van der Waals surface area (Å²) in [6.07, 6.45) is 1.73. The van der Waals surface area contributed by atoms with E-state index in [0.29, 0.717) is 0 Å². The summed E-state index contributed by atoms with van der Waals surface area (Å²) in [7, 11) is 1.81. The molecular formula is C10H16N2O2S. The van der Waals surface area contributed by atoms with Crippen molar-refractivity contribution >= 4 is 17.3 Å². The van der Waals surface area contributed by atoms with E-state index in [0.717, 1.165) is 5.01 Å². The Morgan fingerprint density at radius 1 is 1.67 bits per heavy atom. The van der Waals surface area contributed by atoms with Gasteiger partial charge in [0.05, 0.1) is 6.04 Å². The molecule has 0 aliphatic heterocycles. The molecule has 1 atom stereocenters. The van der Waals surface area contributed by atoms with Crippen molar-refractivity contribution in [3.8, 4) is 0 Å². The van der Waals surface area contributed by atoms with E-state index in [1.54, 1.807) is 38.4 Å². The zero-order valence-electron chi connectivity index (χ0n) is 9.39. The molecule has 0 bridgehead atoms. The highest BCUT2D eigenvalue weighted by Crippen LogP contribution is 2.27. The summed E-state index contributed by atoms with van der Waals surface area (Å²) < 4.78 is 0. The van der Waals surface area contributed by atoms with Gasteiger partial charge in [0.25, 0.3) is 0 Å². The third kappa shape index (κ3) is 2.35. The number of carbonyl (C=O) groups is 1.